The summed E-state index contributed by atoms with van der Waals surface area (Å²) in [5.74, 6) is 1.11. The van der Waals surface area contributed by atoms with Crippen LogP contribution in [0.4, 0.5) is 5.82 Å². The molecule has 4 aromatic rings. The molecule has 4 rings (SSSR count). The number of nitrogens with zero attached hydrogens (tertiary/aromatic N) is 6. The first-order valence-electron chi connectivity index (χ1n) is 10.3. The summed E-state index contributed by atoms with van der Waals surface area (Å²) in [5, 5.41) is 19.2. The molecule has 0 spiro atoms. The molecule has 3 heterocycles. The maximum Gasteiger partial charge on any atom is 0.261 e. The predicted octanol–water partition coefficient (Wildman–Crippen LogP) is 1.61. The fraction of sp³-hybridized carbons (Fsp3) is 0.273. The number of anilines is 1. The van der Waals surface area contributed by atoms with E-state index >= 15 is 0 Å². The van der Waals surface area contributed by atoms with E-state index < -0.39 is 0 Å². The zero-order valence-corrected chi connectivity index (χ0v) is 17.9. The number of para-hydroxylation sites is 1. The molecule has 0 aliphatic rings. The zero-order chi connectivity index (χ0) is 22.5. The fourth-order valence-corrected chi connectivity index (χ4v) is 3.36. The van der Waals surface area contributed by atoms with E-state index in [1.54, 1.807) is 22.9 Å². The second kappa shape index (κ2) is 9.38. The van der Waals surface area contributed by atoms with E-state index in [4.69, 9.17) is 0 Å². The minimum Gasteiger partial charge on any atom is -0.367 e. The molecule has 0 radical (unpaired) electrons. The Hall–Kier alpha value is -4.08. The molecule has 2 N–H and O–H groups in total. The maximum absolute atomic E-state index is 12.5. The first-order chi connectivity index (χ1) is 15.5. The Morgan fingerprint density at radius 1 is 1.06 bits per heavy atom. The van der Waals surface area contributed by atoms with Crippen molar-refractivity contribution < 1.29 is 4.79 Å². The van der Waals surface area contributed by atoms with Gasteiger partial charge in [-0.25, -0.2) is 9.67 Å². The van der Waals surface area contributed by atoms with Gasteiger partial charge in [0.15, 0.2) is 5.82 Å². The van der Waals surface area contributed by atoms with Crippen molar-refractivity contribution in [2.45, 2.75) is 26.8 Å². The van der Waals surface area contributed by atoms with Gasteiger partial charge in [-0.1, -0.05) is 12.1 Å². The van der Waals surface area contributed by atoms with Crippen molar-refractivity contribution in [2.75, 3.05) is 18.4 Å². The number of aromatic nitrogens is 6. The van der Waals surface area contributed by atoms with Crippen molar-refractivity contribution in [2.24, 2.45) is 0 Å². The molecule has 3 aromatic heterocycles. The standard InChI is InChI=1S/C22H24N8O2/c1-15-13-16(2)30(28-15)20-8-7-19(26-27-20)23-10-11-24-21(31)9-12-29-14-25-18-6-4-3-5-17(18)22(29)32/h3-8,13-14H,9-12H2,1-2H3,(H,23,26)(H,24,31). The lowest BCUT2D eigenvalue weighted by atomic mass is 10.2. The summed E-state index contributed by atoms with van der Waals surface area (Å²) in [6.07, 6.45) is 1.67. The SMILES string of the molecule is Cc1cc(C)n(-c2ccc(NCCNC(=O)CCn3cnc4ccccc4c3=O)nn2)n1. The molecule has 1 aromatic carbocycles. The van der Waals surface area contributed by atoms with Crippen molar-refractivity contribution in [3.8, 4) is 5.82 Å². The van der Waals surface area contributed by atoms with Gasteiger partial charge >= 0.3 is 0 Å². The van der Waals surface area contributed by atoms with Crippen LogP contribution in [0.5, 0.6) is 0 Å². The molecule has 1 amide bonds. The summed E-state index contributed by atoms with van der Waals surface area (Å²) in [4.78, 5) is 28.8. The fourth-order valence-electron chi connectivity index (χ4n) is 3.36. The smallest absolute Gasteiger partial charge is 0.261 e. The van der Waals surface area contributed by atoms with E-state index in [9.17, 15) is 9.59 Å². The number of amides is 1. The number of benzene rings is 1. The van der Waals surface area contributed by atoms with E-state index in [-0.39, 0.29) is 24.4 Å². The van der Waals surface area contributed by atoms with Gasteiger partial charge in [0.2, 0.25) is 5.91 Å². The first kappa shape index (κ1) is 21.2. The highest BCUT2D eigenvalue weighted by Gasteiger charge is 2.07. The van der Waals surface area contributed by atoms with Crippen molar-refractivity contribution in [1.82, 2.24) is 34.8 Å². The van der Waals surface area contributed by atoms with Gasteiger partial charge in [-0.15, -0.1) is 10.2 Å². The minimum atomic E-state index is -0.146. The van der Waals surface area contributed by atoms with Gasteiger partial charge in [-0.05, 0) is 44.2 Å². The first-order valence-corrected chi connectivity index (χ1v) is 10.3. The number of hydrogen-bond donors (Lipinski definition) is 2. The Balaban J connectivity index is 1.22. The molecule has 0 aliphatic heterocycles. The molecule has 164 valence electrons. The maximum atomic E-state index is 12.5. The number of fused-ring (bicyclic) bond motifs is 1. The van der Waals surface area contributed by atoms with Crippen LogP contribution in [-0.4, -0.2) is 48.5 Å². The lowest BCUT2D eigenvalue weighted by Gasteiger charge is -2.09. The lowest BCUT2D eigenvalue weighted by molar-refractivity contribution is -0.121. The van der Waals surface area contributed by atoms with E-state index in [1.165, 1.54) is 10.9 Å². The second-order valence-corrected chi connectivity index (χ2v) is 7.40. The Morgan fingerprint density at radius 3 is 2.66 bits per heavy atom. The van der Waals surface area contributed by atoms with Gasteiger partial charge in [-0.3, -0.25) is 14.2 Å². The number of carbonyl (C=O) groups excluding carboxylic acids is 1. The van der Waals surface area contributed by atoms with Gasteiger partial charge in [0.05, 0.1) is 22.9 Å². The molecule has 0 saturated carbocycles. The highest BCUT2D eigenvalue weighted by Crippen LogP contribution is 2.10. The van der Waals surface area contributed by atoms with Crippen molar-refractivity contribution >= 4 is 22.6 Å². The number of hydrogen-bond acceptors (Lipinski definition) is 7. The molecular formula is C22H24N8O2. The molecule has 32 heavy (non-hydrogen) atoms. The van der Waals surface area contributed by atoms with Gasteiger partial charge in [0.25, 0.3) is 5.56 Å². The Bertz CT molecular complexity index is 1290. The second-order valence-electron chi connectivity index (χ2n) is 7.40. The minimum absolute atomic E-state index is 0.141. The number of nitrogens with one attached hydrogen (secondary N) is 2. The molecule has 0 bridgehead atoms. The molecular weight excluding hydrogens is 408 g/mol. The van der Waals surface area contributed by atoms with Crippen molar-refractivity contribution in [3.63, 3.8) is 0 Å². The van der Waals surface area contributed by atoms with Crippen LogP contribution in [0.2, 0.25) is 0 Å². The van der Waals surface area contributed by atoms with Crippen molar-refractivity contribution in [1.29, 1.82) is 0 Å². The van der Waals surface area contributed by atoms with E-state index in [0.717, 1.165) is 11.4 Å². The zero-order valence-electron chi connectivity index (χ0n) is 17.9. The number of carbonyl (C=O) groups is 1. The molecule has 0 unspecified atom stereocenters. The molecule has 0 atom stereocenters. The van der Waals surface area contributed by atoms with E-state index in [1.807, 2.05) is 38.1 Å². The van der Waals surface area contributed by atoms with Crippen LogP contribution in [0, 0.1) is 13.8 Å². The summed E-state index contributed by atoms with van der Waals surface area (Å²) in [5.41, 5.74) is 2.41. The summed E-state index contributed by atoms with van der Waals surface area (Å²) in [7, 11) is 0. The molecule has 0 fully saturated rings. The van der Waals surface area contributed by atoms with Gasteiger partial charge < -0.3 is 10.6 Å². The third kappa shape index (κ3) is 4.80. The molecule has 0 aliphatic carbocycles. The molecule has 10 heteroatoms. The Kier molecular flexibility index (Phi) is 6.20. The third-order valence-corrected chi connectivity index (χ3v) is 4.94. The van der Waals surface area contributed by atoms with Gasteiger partial charge in [0, 0.05) is 31.7 Å². The van der Waals surface area contributed by atoms with Crippen LogP contribution >= 0.6 is 0 Å². The number of rotatable bonds is 8. The highest BCUT2D eigenvalue weighted by molar-refractivity contribution is 5.77. The lowest BCUT2D eigenvalue weighted by Crippen LogP contribution is -2.31. The largest absolute Gasteiger partial charge is 0.367 e. The third-order valence-electron chi connectivity index (χ3n) is 4.94. The van der Waals surface area contributed by atoms with Crippen LogP contribution in [-0.2, 0) is 11.3 Å². The van der Waals surface area contributed by atoms with Crippen LogP contribution in [0.25, 0.3) is 16.7 Å². The van der Waals surface area contributed by atoms with E-state index in [2.05, 4.69) is 30.9 Å². The number of aryl methyl sites for hydroxylation is 3. The Labute approximate surface area is 184 Å². The van der Waals surface area contributed by atoms with Crippen LogP contribution in [0.3, 0.4) is 0 Å². The highest BCUT2D eigenvalue weighted by atomic mass is 16.1. The summed E-state index contributed by atoms with van der Waals surface area (Å²) < 4.78 is 3.20. The average Bonchev–Trinajstić information content (AvgIpc) is 3.14. The van der Waals surface area contributed by atoms with Crippen molar-refractivity contribution in [3.05, 3.63) is 70.5 Å². The quantitative estimate of drug-likeness (QED) is 0.406. The predicted molar refractivity (Wildman–Crippen MR) is 121 cm³/mol. The van der Waals surface area contributed by atoms with Gasteiger partial charge in [0.1, 0.15) is 5.82 Å². The van der Waals surface area contributed by atoms with Crippen LogP contribution in [0.15, 0.2) is 53.6 Å². The monoisotopic (exact) mass is 432 g/mol. The van der Waals surface area contributed by atoms with Crippen LogP contribution < -0.4 is 16.2 Å². The van der Waals surface area contributed by atoms with Gasteiger partial charge in [-0.2, -0.15) is 5.10 Å². The topological polar surface area (TPSA) is 120 Å². The summed E-state index contributed by atoms with van der Waals surface area (Å²) in [6, 6.07) is 12.8. The molecule has 10 nitrogen and oxygen atoms in total. The summed E-state index contributed by atoms with van der Waals surface area (Å²) >= 11 is 0. The van der Waals surface area contributed by atoms with E-state index in [0.29, 0.717) is 35.6 Å². The molecule has 0 saturated heterocycles. The summed E-state index contributed by atoms with van der Waals surface area (Å²) in [6.45, 7) is 5.08. The average molecular weight is 432 g/mol. The normalized spacial score (nSPS) is 10.9. The van der Waals surface area contributed by atoms with Crippen LogP contribution in [0.1, 0.15) is 17.8 Å². The Morgan fingerprint density at radius 2 is 1.91 bits per heavy atom.